The summed E-state index contributed by atoms with van der Waals surface area (Å²) in [6.07, 6.45) is 0. The highest BCUT2D eigenvalue weighted by atomic mass is 35.5. The van der Waals surface area contributed by atoms with Crippen LogP contribution in [-0.2, 0) is 6.61 Å². The molecule has 0 aliphatic heterocycles. The Kier molecular flexibility index (Phi) is 3.12. The first-order valence-electron chi connectivity index (χ1n) is 6.07. The number of halogens is 1. The number of pyridine rings is 1. The van der Waals surface area contributed by atoms with Crippen LogP contribution in [-0.4, -0.2) is 17.2 Å². The monoisotopic (exact) mass is 289 g/mol. The minimum absolute atomic E-state index is 0.145. The summed E-state index contributed by atoms with van der Waals surface area (Å²) < 4.78 is 5.20. The lowest BCUT2D eigenvalue weighted by molar-refractivity contribution is 0.275. The van der Waals surface area contributed by atoms with Crippen LogP contribution in [0.5, 0.6) is 5.75 Å². The van der Waals surface area contributed by atoms with Crippen LogP contribution >= 0.6 is 11.6 Å². The lowest BCUT2D eigenvalue weighted by Gasteiger charge is -2.10. The van der Waals surface area contributed by atoms with Crippen molar-refractivity contribution in [2.75, 3.05) is 7.11 Å². The molecule has 5 heteroatoms. The fraction of sp³-hybridized carbons (Fsp3) is 0.133. The van der Waals surface area contributed by atoms with Gasteiger partial charge in [-0.05, 0) is 30.3 Å². The Morgan fingerprint density at radius 3 is 2.75 bits per heavy atom. The second-order valence-electron chi connectivity index (χ2n) is 4.47. The molecule has 4 nitrogen and oxygen atoms in total. The predicted octanol–water partition coefficient (Wildman–Crippen LogP) is 2.84. The molecule has 0 fully saturated rings. The first-order chi connectivity index (χ1) is 9.65. The molecule has 0 radical (unpaired) electrons. The maximum absolute atomic E-state index is 12.6. The average molecular weight is 290 g/mol. The Labute approximate surface area is 119 Å². The normalized spacial score (nSPS) is 11.2. The van der Waals surface area contributed by atoms with Crippen molar-refractivity contribution >= 4 is 33.4 Å². The van der Waals surface area contributed by atoms with Crippen molar-refractivity contribution in [2.45, 2.75) is 6.61 Å². The minimum Gasteiger partial charge on any atom is -0.496 e. The number of hydrogen-bond donors (Lipinski definition) is 2. The van der Waals surface area contributed by atoms with Gasteiger partial charge >= 0.3 is 0 Å². The number of aromatic nitrogens is 1. The van der Waals surface area contributed by atoms with E-state index in [9.17, 15) is 9.90 Å². The van der Waals surface area contributed by atoms with Gasteiger partial charge in [0.1, 0.15) is 5.75 Å². The summed E-state index contributed by atoms with van der Waals surface area (Å²) in [6.45, 7) is -0.261. The zero-order chi connectivity index (χ0) is 14.3. The van der Waals surface area contributed by atoms with E-state index >= 15 is 0 Å². The number of hydrogen-bond acceptors (Lipinski definition) is 3. The van der Waals surface area contributed by atoms with Gasteiger partial charge in [-0.1, -0.05) is 11.6 Å². The van der Waals surface area contributed by atoms with Gasteiger partial charge in [0.05, 0.1) is 30.1 Å². The molecule has 0 aliphatic rings. The molecule has 0 saturated carbocycles. The number of aliphatic hydroxyl groups excluding tert-OH is 1. The molecule has 0 atom stereocenters. The van der Waals surface area contributed by atoms with Crippen LogP contribution in [0.25, 0.3) is 21.8 Å². The third kappa shape index (κ3) is 1.85. The molecule has 0 aliphatic carbocycles. The minimum atomic E-state index is -0.261. The summed E-state index contributed by atoms with van der Waals surface area (Å²) in [5.74, 6) is 0.499. The second-order valence-corrected chi connectivity index (χ2v) is 4.91. The number of H-pyrrole nitrogens is 1. The van der Waals surface area contributed by atoms with E-state index in [0.717, 1.165) is 0 Å². The SMILES string of the molecule is COc1ccc2[nH]c3cc(Cl)ccc3c(=O)c2c1CO. The van der Waals surface area contributed by atoms with Crippen molar-refractivity contribution in [2.24, 2.45) is 0 Å². The van der Waals surface area contributed by atoms with E-state index < -0.39 is 0 Å². The molecule has 0 saturated heterocycles. The third-order valence-electron chi connectivity index (χ3n) is 3.37. The average Bonchev–Trinajstić information content (AvgIpc) is 2.45. The van der Waals surface area contributed by atoms with Gasteiger partial charge in [-0.3, -0.25) is 4.79 Å². The van der Waals surface area contributed by atoms with Gasteiger partial charge in [-0.2, -0.15) is 0 Å². The van der Waals surface area contributed by atoms with E-state index in [4.69, 9.17) is 16.3 Å². The fourth-order valence-electron chi connectivity index (χ4n) is 2.44. The topological polar surface area (TPSA) is 62.3 Å². The molecule has 1 heterocycles. The number of ether oxygens (including phenoxy) is 1. The zero-order valence-electron chi connectivity index (χ0n) is 10.7. The van der Waals surface area contributed by atoms with Crippen LogP contribution in [0.1, 0.15) is 5.56 Å². The number of rotatable bonds is 2. The Morgan fingerprint density at radius 2 is 2.05 bits per heavy atom. The van der Waals surface area contributed by atoms with Crippen molar-refractivity contribution in [1.29, 1.82) is 0 Å². The molecule has 3 aromatic rings. The standard InChI is InChI=1S/C15H12ClNO3/c1-20-13-5-4-11-14(10(13)7-18)15(19)9-3-2-8(16)6-12(9)17-11/h2-6,18H,7H2,1H3,(H,17,19). The molecular weight excluding hydrogens is 278 g/mol. The summed E-state index contributed by atoms with van der Waals surface area (Å²) in [4.78, 5) is 15.8. The summed E-state index contributed by atoms with van der Waals surface area (Å²) in [6, 6.07) is 8.54. The maximum atomic E-state index is 12.6. The predicted molar refractivity (Wildman–Crippen MR) is 79.6 cm³/mol. The van der Waals surface area contributed by atoms with E-state index in [0.29, 0.717) is 38.1 Å². The van der Waals surface area contributed by atoms with Gasteiger partial charge < -0.3 is 14.8 Å². The van der Waals surface area contributed by atoms with Gasteiger partial charge in [0.15, 0.2) is 5.43 Å². The van der Waals surface area contributed by atoms with Crippen molar-refractivity contribution in [3.05, 3.63) is 51.1 Å². The summed E-state index contributed by atoms with van der Waals surface area (Å²) in [5.41, 5.74) is 1.66. The molecule has 2 aromatic carbocycles. The second kappa shape index (κ2) is 4.81. The molecule has 2 N–H and O–H groups in total. The van der Waals surface area contributed by atoms with Gasteiger partial charge in [0.25, 0.3) is 0 Å². The van der Waals surface area contributed by atoms with Gasteiger partial charge in [-0.15, -0.1) is 0 Å². The molecule has 1 aromatic heterocycles. The Balaban J connectivity index is 2.53. The van der Waals surface area contributed by atoms with Crippen LogP contribution in [0.4, 0.5) is 0 Å². The van der Waals surface area contributed by atoms with Crippen LogP contribution in [0.3, 0.4) is 0 Å². The first kappa shape index (κ1) is 13.0. The molecule has 0 unspecified atom stereocenters. The number of aromatic amines is 1. The zero-order valence-corrected chi connectivity index (χ0v) is 11.5. The highest BCUT2D eigenvalue weighted by molar-refractivity contribution is 6.31. The fourth-order valence-corrected chi connectivity index (χ4v) is 2.61. The van der Waals surface area contributed by atoms with Gasteiger partial charge in [0, 0.05) is 16.0 Å². The van der Waals surface area contributed by atoms with Gasteiger partial charge in [0.2, 0.25) is 0 Å². The lowest BCUT2D eigenvalue weighted by atomic mass is 10.0. The molecule has 0 amide bonds. The molecule has 0 spiro atoms. The maximum Gasteiger partial charge on any atom is 0.197 e. The molecule has 3 rings (SSSR count). The summed E-state index contributed by atoms with van der Waals surface area (Å²) >= 11 is 5.95. The molecular formula is C15H12ClNO3. The van der Waals surface area contributed by atoms with Crippen molar-refractivity contribution in [3.63, 3.8) is 0 Å². The van der Waals surface area contributed by atoms with E-state index in [1.54, 1.807) is 30.3 Å². The lowest BCUT2D eigenvalue weighted by Crippen LogP contribution is -2.08. The third-order valence-corrected chi connectivity index (χ3v) is 3.61. The number of benzene rings is 2. The molecule has 102 valence electrons. The molecule has 0 bridgehead atoms. The van der Waals surface area contributed by atoms with Crippen molar-refractivity contribution in [3.8, 4) is 5.75 Å². The van der Waals surface area contributed by atoms with Crippen LogP contribution < -0.4 is 10.2 Å². The van der Waals surface area contributed by atoms with Crippen LogP contribution in [0.2, 0.25) is 5.02 Å². The number of fused-ring (bicyclic) bond motifs is 2. The van der Waals surface area contributed by atoms with E-state index in [2.05, 4.69) is 4.98 Å². The van der Waals surface area contributed by atoms with Crippen molar-refractivity contribution < 1.29 is 9.84 Å². The summed E-state index contributed by atoms with van der Waals surface area (Å²) in [5, 5.41) is 11.1. The first-order valence-corrected chi connectivity index (χ1v) is 6.45. The Bertz CT molecular complexity index is 870. The van der Waals surface area contributed by atoms with Crippen LogP contribution in [0.15, 0.2) is 35.1 Å². The van der Waals surface area contributed by atoms with E-state index in [-0.39, 0.29) is 12.0 Å². The number of nitrogens with one attached hydrogen (secondary N) is 1. The van der Waals surface area contributed by atoms with E-state index in [1.807, 2.05) is 0 Å². The Morgan fingerprint density at radius 1 is 1.25 bits per heavy atom. The summed E-state index contributed by atoms with van der Waals surface area (Å²) in [7, 11) is 1.51. The van der Waals surface area contributed by atoms with Crippen molar-refractivity contribution in [1.82, 2.24) is 4.98 Å². The van der Waals surface area contributed by atoms with Gasteiger partial charge in [-0.25, -0.2) is 0 Å². The molecule has 20 heavy (non-hydrogen) atoms. The quantitative estimate of drug-likeness (QED) is 0.713. The Hall–Kier alpha value is -2.04. The van der Waals surface area contributed by atoms with E-state index in [1.165, 1.54) is 7.11 Å². The highest BCUT2D eigenvalue weighted by Gasteiger charge is 2.13. The number of aliphatic hydroxyl groups is 1. The highest BCUT2D eigenvalue weighted by Crippen LogP contribution is 2.27. The smallest absolute Gasteiger partial charge is 0.197 e. The van der Waals surface area contributed by atoms with Crippen LogP contribution in [0, 0.1) is 0 Å². The largest absolute Gasteiger partial charge is 0.496 e. The number of methoxy groups -OCH3 is 1.